The monoisotopic (exact) mass is 339 g/mol. The van der Waals surface area contributed by atoms with Crippen molar-refractivity contribution in [1.82, 2.24) is 15.2 Å². The Morgan fingerprint density at radius 1 is 1.28 bits per heavy atom. The number of likely N-dealkylation sites (tertiary alicyclic amines) is 1. The van der Waals surface area contributed by atoms with Crippen LogP contribution >= 0.6 is 0 Å². The number of carbonyl (C=O) groups is 2. The SMILES string of the molecule is CC(=O)N[C@@H](CC(=O)N1CCC[C@H]1c1ccc[nH]1)c1ccc(C)cc1. The molecule has 3 rings (SSSR count). The minimum atomic E-state index is -0.296. The zero-order chi connectivity index (χ0) is 17.8. The number of amides is 2. The quantitative estimate of drug-likeness (QED) is 0.878. The number of nitrogens with one attached hydrogen (secondary N) is 2. The molecule has 2 atom stereocenters. The summed E-state index contributed by atoms with van der Waals surface area (Å²) < 4.78 is 0. The van der Waals surface area contributed by atoms with Crippen molar-refractivity contribution in [2.45, 2.75) is 45.2 Å². The first-order chi connectivity index (χ1) is 12.0. The highest BCUT2D eigenvalue weighted by Crippen LogP contribution is 2.32. The highest BCUT2D eigenvalue weighted by Gasteiger charge is 2.32. The summed E-state index contributed by atoms with van der Waals surface area (Å²) in [4.78, 5) is 29.7. The van der Waals surface area contributed by atoms with Crippen LogP contribution in [0.2, 0.25) is 0 Å². The fraction of sp³-hybridized carbons (Fsp3) is 0.400. The number of aromatic nitrogens is 1. The molecule has 0 bridgehead atoms. The van der Waals surface area contributed by atoms with E-state index in [2.05, 4.69) is 10.3 Å². The van der Waals surface area contributed by atoms with E-state index >= 15 is 0 Å². The van der Waals surface area contributed by atoms with Crippen molar-refractivity contribution >= 4 is 11.8 Å². The largest absolute Gasteiger partial charge is 0.363 e. The van der Waals surface area contributed by atoms with Crippen LogP contribution in [0, 0.1) is 6.92 Å². The molecule has 2 heterocycles. The lowest BCUT2D eigenvalue weighted by molar-refractivity contribution is -0.133. The van der Waals surface area contributed by atoms with Crippen LogP contribution in [0.5, 0.6) is 0 Å². The van der Waals surface area contributed by atoms with Crippen LogP contribution in [0.25, 0.3) is 0 Å². The third-order valence-corrected chi connectivity index (χ3v) is 4.79. The van der Waals surface area contributed by atoms with E-state index in [1.54, 1.807) is 0 Å². The average Bonchev–Trinajstić information content (AvgIpc) is 3.25. The molecule has 5 heteroatoms. The molecule has 2 N–H and O–H groups in total. The number of aromatic amines is 1. The second kappa shape index (κ2) is 7.55. The van der Waals surface area contributed by atoms with Gasteiger partial charge in [0.05, 0.1) is 18.5 Å². The number of H-pyrrole nitrogens is 1. The summed E-state index contributed by atoms with van der Waals surface area (Å²) in [5, 5.41) is 2.93. The summed E-state index contributed by atoms with van der Waals surface area (Å²) >= 11 is 0. The van der Waals surface area contributed by atoms with E-state index < -0.39 is 0 Å². The predicted octanol–water partition coefficient (Wildman–Crippen LogP) is 3.25. The number of nitrogens with zero attached hydrogens (tertiary/aromatic N) is 1. The second-order valence-corrected chi connectivity index (χ2v) is 6.74. The number of hydrogen-bond acceptors (Lipinski definition) is 2. The van der Waals surface area contributed by atoms with Gasteiger partial charge in [-0.2, -0.15) is 0 Å². The van der Waals surface area contributed by atoms with Crippen molar-refractivity contribution in [3.05, 3.63) is 59.4 Å². The molecule has 1 saturated heterocycles. The number of hydrogen-bond donors (Lipinski definition) is 2. The Balaban J connectivity index is 1.75. The van der Waals surface area contributed by atoms with Crippen LogP contribution in [-0.4, -0.2) is 28.2 Å². The van der Waals surface area contributed by atoms with E-state index in [0.717, 1.165) is 36.2 Å². The standard InChI is InChI=1S/C20H25N3O2/c1-14-7-9-16(10-8-14)18(22-15(2)24)13-20(25)23-12-4-6-19(23)17-5-3-11-21-17/h3,5,7-11,18-19,21H,4,6,12-13H2,1-2H3,(H,22,24)/t18-,19-/m0/s1. The van der Waals surface area contributed by atoms with E-state index in [0.29, 0.717) is 0 Å². The third-order valence-electron chi connectivity index (χ3n) is 4.79. The zero-order valence-corrected chi connectivity index (χ0v) is 14.8. The first-order valence-electron chi connectivity index (χ1n) is 8.81. The van der Waals surface area contributed by atoms with Gasteiger partial charge in [0.1, 0.15) is 0 Å². The number of carbonyl (C=O) groups excluding carboxylic acids is 2. The average molecular weight is 339 g/mol. The molecule has 0 spiro atoms. The maximum atomic E-state index is 12.9. The summed E-state index contributed by atoms with van der Waals surface area (Å²) in [5.74, 6) is -0.0443. The van der Waals surface area contributed by atoms with Crippen molar-refractivity contribution in [3.63, 3.8) is 0 Å². The number of benzene rings is 1. The second-order valence-electron chi connectivity index (χ2n) is 6.74. The summed E-state index contributed by atoms with van der Waals surface area (Å²) in [6, 6.07) is 11.8. The molecule has 0 saturated carbocycles. The Hall–Kier alpha value is -2.56. The van der Waals surface area contributed by atoms with Crippen LogP contribution in [0.15, 0.2) is 42.6 Å². The topological polar surface area (TPSA) is 65.2 Å². The zero-order valence-electron chi connectivity index (χ0n) is 14.8. The van der Waals surface area contributed by atoms with E-state index in [9.17, 15) is 9.59 Å². The first kappa shape index (κ1) is 17.3. The highest BCUT2D eigenvalue weighted by molar-refractivity contribution is 5.79. The molecule has 0 unspecified atom stereocenters. The molecular weight excluding hydrogens is 314 g/mol. The molecule has 132 valence electrons. The van der Waals surface area contributed by atoms with Crippen LogP contribution in [0.3, 0.4) is 0 Å². The molecule has 1 aromatic carbocycles. The summed E-state index contributed by atoms with van der Waals surface area (Å²) in [7, 11) is 0. The molecular formula is C20H25N3O2. The molecule has 2 aromatic rings. The molecule has 0 aliphatic carbocycles. The number of aryl methyl sites for hydroxylation is 1. The van der Waals surface area contributed by atoms with Crippen molar-refractivity contribution in [2.75, 3.05) is 6.54 Å². The van der Waals surface area contributed by atoms with Gasteiger partial charge in [0.15, 0.2) is 0 Å². The summed E-state index contributed by atoms with van der Waals surface area (Å²) in [5.41, 5.74) is 3.20. The minimum absolute atomic E-state index is 0.0800. The number of rotatable bonds is 5. The fourth-order valence-electron chi connectivity index (χ4n) is 3.53. The van der Waals surface area contributed by atoms with Crippen LogP contribution in [0.4, 0.5) is 0 Å². The van der Waals surface area contributed by atoms with Crippen molar-refractivity contribution in [2.24, 2.45) is 0 Å². The molecule has 1 aliphatic heterocycles. The molecule has 0 radical (unpaired) electrons. The van der Waals surface area contributed by atoms with Crippen LogP contribution < -0.4 is 5.32 Å². The van der Waals surface area contributed by atoms with Gasteiger partial charge in [-0.15, -0.1) is 0 Å². The normalized spacial score (nSPS) is 18.2. The lowest BCUT2D eigenvalue weighted by Crippen LogP contribution is -2.35. The van der Waals surface area contributed by atoms with E-state index in [4.69, 9.17) is 0 Å². The van der Waals surface area contributed by atoms with E-state index in [1.807, 2.05) is 54.4 Å². The van der Waals surface area contributed by atoms with Gasteiger partial charge in [-0.1, -0.05) is 29.8 Å². The van der Waals surface area contributed by atoms with Gasteiger partial charge >= 0.3 is 0 Å². The summed E-state index contributed by atoms with van der Waals surface area (Å²) in [6.07, 6.45) is 4.15. The van der Waals surface area contributed by atoms with Gasteiger partial charge < -0.3 is 15.2 Å². The van der Waals surface area contributed by atoms with Gasteiger partial charge in [-0.25, -0.2) is 0 Å². The Kier molecular flexibility index (Phi) is 5.22. The molecule has 1 fully saturated rings. The Bertz CT molecular complexity index is 722. The van der Waals surface area contributed by atoms with Crippen molar-refractivity contribution in [3.8, 4) is 0 Å². The van der Waals surface area contributed by atoms with Crippen molar-refractivity contribution in [1.29, 1.82) is 0 Å². The van der Waals surface area contributed by atoms with Crippen LogP contribution in [0.1, 0.15) is 55.1 Å². The van der Waals surface area contributed by atoms with Crippen molar-refractivity contribution < 1.29 is 9.59 Å². The van der Waals surface area contributed by atoms with Gasteiger partial charge in [0, 0.05) is 25.4 Å². The predicted molar refractivity (Wildman–Crippen MR) is 96.8 cm³/mol. The Labute approximate surface area is 148 Å². The Morgan fingerprint density at radius 2 is 2.04 bits per heavy atom. The van der Waals surface area contributed by atoms with Gasteiger partial charge in [-0.3, -0.25) is 9.59 Å². The maximum absolute atomic E-state index is 12.9. The third kappa shape index (κ3) is 4.10. The molecule has 5 nitrogen and oxygen atoms in total. The highest BCUT2D eigenvalue weighted by atomic mass is 16.2. The first-order valence-corrected chi connectivity index (χ1v) is 8.81. The molecule has 1 aromatic heterocycles. The fourth-order valence-corrected chi connectivity index (χ4v) is 3.53. The Morgan fingerprint density at radius 3 is 2.68 bits per heavy atom. The lowest BCUT2D eigenvalue weighted by atomic mass is 10.0. The van der Waals surface area contributed by atoms with Gasteiger partial charge in [0.25, 0.3) is 0 Å². The van der Waals surface area contributed by atoms with Crippen LogP contribution in [-0.2, 0) is 9.59 Å². The van der Waals surface area contributed by atoms with Gasteiger partial charge in [0.2, 0.25) is 11.8 Å². The van der Waals surface area contributed by atoms with E-state index in [1.165, 1.54) is 6.92 Å². The minimum Gasteiger partial charge on any atom is -0.363 e. The molecule has 1 aliphatic rings. The van der Waals surface area contributed by atoms with E-state index in [-0.39, 0.29) is 30.3 Å². The summed E-state index contributed by atoms with van der Waals surface area (Å²) in [6.45, 7) is 4.28. The van der Waals surface area contributed by atoms with Gasteiger partial charge in [-0.05, 0) is 37.5 Å². The maximum Gasteiger partial charge on any atom is 0.225 e. The smallest absolute Gasteiger partial charge is 0.225 e. The lowest BCUT2D eigenvalue weighted by Gasteiger charge is -2.27. The molecule has 25 heavy (non-hydrogen) atoms. The molecule has 2 amide bonds.